The van der Waals surface area contributed by atoms with E-state index in [1.807, 2.05) is 35.2 Å². The number of carbonyl (C=O) groups is 2. The van der Waals surface area contributed by atoms with E-state index in [9.17, 15) is 9.59 Å². The lowest BCUT2D eigenvalue weighted by Crippen LogP contribution is -2.49. The van der Waals surface area contributed by atoms with E-state index in [1.165, 1.54) is 0 Å². The maximum absolute atomic E-state index is 13.0. The molecule has 1 aromatic carbocycles. The molecule has 0 bridgehead atoms. The van der Waals surface area contributed by atoms with Crippen LogP contribution in [0.15, 0.2) is 30.3 Å². The van der Waals surface area contributed by atoms with Gasteiger partial charge in [-0.15, -0.1) is 0 Å². The van der Waals surface area contributed by atoms with Crippen LogP contribution in [0, 0.1) is 5.92 Å². The fourth-order valence-corrected chi connectivity index (χ4v) is 3.53. The Labute approximate surface area is 137 Å². The van der Waals surface area contributed by atoms with Crippen molar-refractivity contribution in [3.63, 3.8) is 0 Å². The fourth-order valence-electron chi connectivity index (χ4n) is 3.53. The molecular weight excluding hydrogens is 290 g/mol. The predicted molar refractivity (Wildman–Crippen MR) is 88.7 cm³/mol. The number of hydrogen-bond acceptors (Lipinski definition) is 3. The van der Waals surface area contributed by atoms with Crippen LogP contribution in [0.25, 0.3) is 0 Å². The molecule has 5 nitrogen and oxygen atoms in total. The van der Waals surface area contributed by atoms with Crippen LogP contribution in [0.1, 0.15) is 31.2 Å². The Hall–Kier alpha value is -1.88. The number of benzene rings is 1. The molecule has 2 aliphatic rings. The number of rotatable bonds is 5. The second-order valence-electron chi connectivity index (χ2n) is 6.62. The van der Waals surface area contributed by atoms with Crippen LogP contribution in [0.4, 0.5) is 0 Å². The molecule has 0 radical (unpaired) electrons. The Kier molecular flexibility index (Phi) is 4.66. The number of amides is 2. The van der Waals surface area contributed by atoms with Gasteiger partial charge in [0.05, 0.1) is 11.3 Å². The lowest BCUT2D eigenvalue weighted by atomic mass is 9.91. The number of nitrogens with zero attached hydrogens (tertiary/aromatic N) is 1. The van der Waals surface area contributed by atoms with Crippen molar-refractivity contribution >= 4 is 11.8 Å². The van der Waals surface area contributed by atoms with E-state index >= 15 is 0 Å². The third kappa shape index (κ3) is 3.24. The smallest absolute Gasteiger partial charge is 0.233 e. The molecule has 1 unspecified atom stereocenters. The maximum atomic E-state index is 13.0. The molecule has 124 valence electrons. The van der Waals surface area contributed by atoms with Crippen LogP contribution < -0.4 is 11.1 Å². The van der Waals surface area contributed by atoms with E-state index in [-0.39, 0.29) is 23.1 Å². The van der Waals surface area contributed by atoms with Gasteiger partial charge in [0.1, 0.15) is 0 Å². The molecule has 1 atom stereocenters. The first kappa shape index (κ1) is 16.0. The molecule has 5 heteroatoms. The largest absolute Gasteiger partial charge is 0.355 e. The third-order valence-corrected chi connectivity index (χ3v) is 5.01. The van der Waals surface area contributed by atoms with Crippen molar-refractivity contribution in [3.05, 3.63) is 35.9 Å². The first-order chi connectivity index (χ1) is 11.2. The first-order valence-electron chi connectivity index (χ1n) is 8.50. The topological polar surface area (TPSA) is 75.4 Å². The Balaban J connectivity index is 1.67. The lowest BCUT2D eigenvalue weighted by molar-refractivity contribution is -0.138. The van der Waals surface area contributed by atoms with E-state index in [2.05, 4.69) is 5.32 Å². The van der Waals surface area contributed by atoms with Gasteiger partial charge in [0, 0.05) is 26.2 Å². The summed E-state index contributed by atoms with van der Waals surface area (Å²) in [6.07, 6.45) is 3.56. The van der Waals surface area contributed by atoms with Crippen molar-refractivity contribution in [2.45, 2.75) is 31.1 Å². The molecule has 3 rings (SSSR count). The van der Waals surface area contributed by atoms with Crippen LogP contribution >= 0.6 is 0 Å². The molecule has 1 saturated carbocycles. The second kappa shape index (κ2) is 6.71. The molecule has 0 aromatic heterocycles. The predicted octanol–water partition coefficient (Wildman–Crippen LogP) is 1.03. The summed E-state index contributed by atoms with van der Waals surface area (Å²) < 4.78 is 0. The molecule has 1 heterocycles. The summed E-state index contributed by atoms with van der Waals surface area (Å²) in [6.45, 7) is 2.23. The Morgan fingerprint density at radius 3 is 2.65 bits per heavy atom. The highest BCUT2D eigenvalue weighted by Crippen LogP contribution is 2.49. The van der Waals surface area contributed by atoms with Gasteiger partial charge in [-0.05, 0) is 31.2 Å². The van der Waals surface area contributed by atoms with E-state index in [0.717, 1.165) is 37.8 Å². The maximum Gasteiger partial charge on any atom is 0.233 e. The van der Waals surface area contributed by atoms with Crippen molar-refractivity contribution in [2.24, 2.45) is 11.7 Å². The molecule has 1 saturated heterocycles. The van der Waals surface area contributed by atoms with Gasteiger partial charge in [0.25, 0.3) is 0 Å². The highest BCUT2D eigenvalue weighted by Gasteiger charge is 2.53. The number of hydrogen-bond donors (Lipinski definition) is 2. The monoisotopic (exact) mass is 315 g/mol. The molecule has 1 aromatic rings. The minimum absolute atomic E-state index is 0.0255. The van der Waals surface area contributed by atoms with Gasteiger partial charge in [0.15, 0.2) is 0 Å². The van der Waals surface area contributed by atoms with Crippen molar-refractivity contribution in [1.29, 1.82) is 0 Å². The average Bonchev–Trinajstić information content (AvgIpc) is 3.42. The summed E-state index contributed by atoms with van der Waals surface area (Å²) in [4.78, 5) is 27.1. The van der Waals surface area contributed by atoms with Gasteiger partial charge in [-0.25, -0.2) is 0 Å². The van der Waals surface area contributed by atoms with Gasteiger partial charge in [-0.3, -0.25) is 9.59 Å². The number of nitrogens with one attached hydrogen (secondary N) is 1. The molecular formula is C18H25N3O2. The molecule has 2 amide bonds. The summed E-state index contributed by atoms with van der Waals surface area (Å²) >= 11 is 0. The first-order valence-corrected chi connectivity index (χ1v) is 8.50. The third-order valence-electron chi connectivity index (χ3n) is 5.01. The van der Waals surface area contributed by atoms with Gasteiger partial charge in [-0.1, -0.05) is 30.3 Å². The fraction of sp³-hybridized carbons (Fsp3) is 0.556. The van der Waals surface area contributed by atoms with Crippen LogP contribution in [-0.2, 0) is 15.0 Å². The summed E-state index contributed by atoms with van der Waals surface area (Å²) in [5, 5.41) is 2.85. The van der Waals surface area contributed by atoms with Gasteiger partial charge < -0.3 is 16.0 Å². The van der Waals surface area contributed by atoms with Crippen LogP contribution in [-0.4, -0.2) is 42.9 Å². The van der Waals surface area contributed by atoms with Crippen molar-refractivity contribution in [3.8, 4) is 0 Å². The normalized spacial score (nSPS) is 22.5. The SMILES string of the molecule is NCCNC(=O)C1CCCN(C(=O)C2(c3ccccc3)CC2)C1. The van der Waals surface area contributed by atoms with Crippen molar-refractivity contribution in [1.82, 2.24) is 10.2 Å². The van der Waals surface area contributed by atoms with E-state index in [4.69, 9.17) is 5.73 Å². The molecule has 3 N–H and O–H groups in total. The summed E-state index contributed by atoms with van der Waals surface area (Å²) in [6, 6.07) is 10.0. The highest BCUT2D eigenvalue weighted by atomic mass is 16.2. The van der Waals surface area contributed by atoms with Crippen molar-refractivity contribution in [2.75, 3.05) is 26.2 Å². The Morgan fingerprint density at radius 1 is 1.26 bits per heavy atom. The number of likely N-dealkylation sites (tertiary alicyclic amines) is 1. The Morgan fingerprint density at radius 2 is 2.00 bits per heavy atom. The lowest BCUT2D eigenvalue weighted by Gasteiger charge is -2.34. The number of carbonyl (C=O) groups excluding carboxylic acids is 2. The van der Waals surface area contributed by atoms with E-state index in [1.54, 1.807) is 0 Å². The highest BCUT2D eigenvalue weighted by molar-refractivity contribution is 5.92. The number of nitrogens with two attached hydrogens (primary N) is 1. The Bertz CT molecular complexity index is 569. The summed E-state index contributed by atoms with van der Waals surface area (Å²) in [5.41, 5.74) is 6.21. The zero-order valence-corrected chi connectivity index (χ0v) is 13.5. The molecule has 2 fully saturated rings. The van der Waals surface area contributed by atoms with Crippen LogP contribution in [0.3, 0.4) is 0 Å². The minimum atomic E-state index is -0.336. The summed E-state index contributed by atoms with van der Waals surface area (Å²) in [5.74, 6) is 0.114. The molecule has 1 aliphatic carbocycles. The standard InChI is InChI=1S/C18H25N3O2/c19-10-11-20-16(22)14-5-4-12-21(13-14)17(23)18(8-9-18)15-6-2-1-3-7-15/h1-3,6-7,14H,4-5,8-13,19H2,(H,20,22). The number of piperidine rings is 1. The van der Waals surface area contributed by atoms with E-state index < -0.39 is 0 Å². The molecule has 23 heavy (non-hydrogen) atoms. The quantitative estimate of drug-likeness (QED) is 0.852. The van der Waals surface area contributed by atoms with Crippen LogP contribution in [0.2, 0.25) is 0 Å². The van der Waals surface area contributed by atoms with Gasteiger partial charge in [-0.2, -0.15) is 0 Å². The average molecular weight is 315 g/mol. The zero-order valence-electron chi connectivity index (χ0n) is 13.5. The summed E-state index contributed by atoms with van der Waals surface area (Å²) in [7, 11) is 0. The minimum Gasteiger partial charge on any atom is -0.355 e. The molecule has 0 spiro atoms. The van der Waals surface area contributed by atoms with Gasteiger partial charge in [0.2, 0.25) is 11.8 Å². The van der Waals surface area contributed by atoms with Crippen molar-refractivity contribution < 1.29 is 9.59 Å². The second-order valence-corrected chi connectivity index (χ2v) is 6.62. The van der Waals surface area contributed by atoms with E-state index in [0.29, 0.717) is 19.6 Å². The zero-order chi connectivity index (χ0) is 16.3. The molecule has 1 aliphatic heterocycles. The van der Waals surface area contributed by atoms with Crippen LogP contribution in [0.5, 0.6) is 0 Å². The van der Waals surface area contributed by atoms with Gasteiger partial charge >= 0.3 is 0 Å².